The van der Waals surface area contributed by atoms with Gasteiger partial charge in [-0.15, -0.1) is 24.8 Å². The van der Waals surface area contributed by atoms with Gasteiger partial charge in [-0.25, -0.2) is 9.97 Å². The van der Waals surface area contributed by atoms with E-state index < -0.39 is 0 Å². The number of para-hydroxylation sites is 1. The maximum absolute atomic E-state index is 12.5. The summed E-state index contributed by atoms with van der Waals surface area (Å²) in [5, 5.41) is 4.05. The minimum absolute atomic E-state index is 0. The summed E-state index contributed by atoms with van der Waals surface area (Å²) in [4.78, 5) is 38.6. The number of H-pyrrole nitrogens is 1. The van der Waals surface area contributed by atoms with Gasteiger partial charge < -0.3 is 19.9 Å². The van der Waals surface area contributed by atoms with Gasteiger partial charge in [0.05, 0.1) is 42.8 Å². The van der Waals surface area contributed by atoms with Gasteiger partial charge in [-0.3, -0.25) is 9.59 Å². The summed E-state index contributed by atoms with van der Waals surface area (Å²) in [7, 11) is 5.38. The number of amides is 1. The largest absolute Gasteiger partial charge is 0.496 e. The van der Waals surface area contributed by atoms with Crippen molar-refractivity contribution in [1.29, 1.82) is 0 Å². The lowest BCUT2D eigenvalue weighted by Crippen LogP contribution is -2.36. The number of ether oxygens (including phenoxy) is 1. The SMILES string of the molecule is CCC(=O)CCCCC[C@H](NC(=O)CN(C)C)c1ncc(-c2cc(OC)c3ccccc3n2)[nH]1.Cl.Cl. The fraction of sp³-hybridized carbons (Fsp3) is 0.462. The average Bonchev–Trinajstić information content (AvgIpc) is 3.32. The minimum atomic E-state index is -0.245. The molecule has 1 atom stereocenters. The number of pyridine rings is 1. The van der Waals surface area contributed by atoms with E-state index in [-0.39, 0.29) is 36.8 Å². The van der Waals surface area contributed by atoms with Crippen molar-refractivity contribution in [3.63, 3.8) is 0 Å². The Morgan fingerprint density at radius 1 is 1.14 bits per heavy atom. The van der Waals surface area contributed by atoms with Gasteiger partial charge in [0.2, 0.25) is 5.91 Å². The van der Waals surface area contributed by atoms with E-state index in [4.69, 9.17) is 9.72 Å². The number of fused-ring (bicyclic) bond motifs is 1. The van der Waals surface area contributed by atoms with Gasteiger partial charge in [0.15, 0.2) is 0 Å². The topological polar surface area (TPSA) is 100 Å². The third-order valence-corrected chi connectivity index (χ3v) is 5.74. The Bertz CT molecular complexity index is 1120. The van der Waals surface area contributed by atoms with Gasteiger partial charge >= 0.3 is 0 Å². The van der Waals surface area contributed by atoms with Crippen LogP contribution < -0.4 is 10.1 Å². The molecule has 0 saturated carbocycles. The zero-order chi connectivity index (χ0) is 24.5. The number of halogens is 2. The molecule has 2 heterocycles. The lowest BCUT2D eigenvalue weighted by molar-refractivity contribution is -0.122. The molecular formula is C26H37Cl2N5O3. The predicted octanol–water partition coefficient (Wildman–Crippen LogP) is 5.13. The molecule has 36 heavy (non-hydrogen) atoms. The van der Waals surface area contributed by atoms with Gasteiger partial charge in [0, 0.05) is 24.3 Å². The van der Waals surface area contributed by atoms with E-state index in [2.05, 4.69) is 15.3 Å². The quantitative estimate of drug-likeness (QED) is 0.293. The van der Waals surface area contributed by atoms with Crippen LogP contribution in [-0.2, 0) is 9.59 Å². The van der Waals surface area contributed by atoms with Gasteiger partial charge in [0.1, 0.15) is 17.4 Å². The number of carbonyl (C=O) groups excluding carboxylic acids is 2. The number of benzene rings is 1. The van der Waals surface area contributed by atoms with Gasteiger partial charge in [-0.05, 0) is 39.1 Å². The second kappa shape index (κ2) is 15.4. The number of carbonyl (C=O) groups is 2. The fourth-order valence-corrected chi connectivity index (χ4v) is 3.92. The fourth-order valence-electron chi connectivity index (χ4n) is 3.92. The van der Waals surface area contributed by atoms with Crippen LogP contribution >= 0.6 is 24.8 Å². The molecule has 0 spiro atoms. The number of ketones is 1. The highest BCUT2D eigenvalue weighted by Crippen LogP contribution is 2.30. The number of imidazole rings is 1. The Labute approximate surface area is 225 Å². The Hall–Kier alpha value is -2.68. The van der Waals surface area contributed by atoms with E-state index in [1.54, 1.807) is 13.3 Å². The number of hydrogen-bond donors (Lipinski definition) is 2. The third kappa shape index (κ3) is 8.76. The zero-order valence-corrected chi connectivity index (χ0v) is 23.0. The molecule has 0 fully saturated rings. The first kappa shape index (κ1) is 31.4. The number of aromatic amines is 1. The summed E-state index contributed by atoms with van der Waals surface area (Å²) < 4.78 is 5.57. The van der Waals surface area contributed by atoms with E-state index in [9.17, 15) is 9.59 Å². The molecule has 0 radical (unpaired) electrons. The van der Waals surface area contributed by atoms with Crippen molar-refractivity contribution in [2.45, 2.75) is 51.5 Å². The first-order valence-electron chi connectivity index (χ1n) is 11.9. The number of aromatic nitrogens is 3. The van der Waals surface area contributed by atoms with Crippen molar-refractivity contribution in [3.05, 3.63) is 42.4 Å². The second-order valence-corrected chi connectivity index (χ2v) is 8.76. The number of unbranched alkanes of at least 4 members (excludes halogenated alkanes) is 2. The lowest BCUT2D eigenvalue weighted by Gasteiger charge is -2.18. The van der Waals surface area contributed by atoms with E-state index in [0.717, 1.165) is 53.7 Å². The molecule has 0 aliphatic heterocycles. The number of nitrogens with one attached hydrogen (secondary N) is 2. The molecule has 0 saturated heterocycles. The lowest BCUT2D eigenvalue weighted by atomic mass is 10.0. The number of nitrogens with zero attached hydrogens (tertiary/aromatic N) is 3. The van der Waals surface area contributed by atoms with Crippen molar-refractivity contribution < 1.29 is 14.3 Å². The summed E-state index contributed by atoms with van der Waals surface area (Å²) in [6.07, 6.45) is 6.39. The number of Topliss-reactive ketones (excluding diaryl/α,β-unsaturated/α-hetero) is 1. The molecule has 0 bridgehead atoms. The molecule has 0 aliphatic carbocycles. The van der Waals surface area contributed by atoms with Crippen LogP contribution in [0.4, 0.5) is 0 Å². The van der Waals surface area contributed by atoms with Crippen LogP contribution in [0.1, 0.15) is 57.3 Å². The number of likely N-dealkylation sites (N-methyl/N-ethyl adjacent to an activating group) is 1. The van der Waals surface area contributed by atoms with Gasteiger partial charge in [0.25, 0.3) is 0 Å². The first-order chi connectivity index (χ1) is 16.4. The van der Waals surface area contributed by atoms with Crippen LogP contribution in [-0.4, -0.2) is 59.3 Å². The average molecular weight is 539 g/mol. The van der Waals surface area contributed by atoms with Crippen molar-refractivity contribution in [1.82, 2.24) is 25.2 Å². The Morgan fingerprint density at radius 2 is 1.89 bits per heavy atom. The third-order valence-electron chi connectivity index (χ3n) is 5.74. The molecule has 0 unspecified atom stereocenters. The molecular weight excluding hydrogens is 501 g/mol. The number of methoxy groups -OCH3 is 1. The molecule has 3 rings (SSSR count). The van der Waals surface area contributed by atoms with Gasteiger partial charge in [-0.2, -0.15) is 0 Å². The van der Waals surface area contributed by atoms with Crippen LogP contribution in [0.5, 0.6) is 5.75 Å². The number of rotatable bonds is 13. The summed E-state index contributed by atoms with van der Waals surface area (Å²) in [5.41, 5.74) is 2.33. The van der Waals surface area contributed by atoms with Crippen LogP contribution in [0, 0.1) is 0 Å². The highest BCUT2D eigenvalue weighted by molar-refractivity contribution is 5.87. The molecule has 8 nitrogen and oxygen atoms in total. The molecule has 2 aromatic heterocycles. The zero-order valence-electron chi connectivity index (χ0n) is 21.4. The predicted molar refractivity (Wildman–Crippen MR) is 148 cm³/mol. The Balaban J connectivity index is 0.00000324. The standard InChI is InChI=1S/C26H35N5O3.2ClH/c1-5-18(32)11-7-6-8-14-21(29-25(33)17-31(2)3)26-27-16-23(30-26)22-15-24(34-4)19-12-9-10-13-20(19)28-22;;/h9-10,12-13,15-16,21H,5-8,11,14,17H2,1-4H3,(H,27,30)(H,29,33);2*1H/t21-;;/m0../s1. The van der Waals surface area contributed by atoms with Crippen molar-refractivity contribution in [3.8, 4) is 17.1 Å². The normalized spacial score (nSPS) is 11.5. The summed E-state index contributed by atoms with van der Waals surface area (Å²) >= 11 is 0. The minimum Gasteiger partial charge on any atom is -0.496 e. The first-order valence-corrected chi connectivity index (χ1v) is 11.9. The number of hydrogen-bond acceptors (Lipinski definition) is 6. The maximum atomic E-state index is 12.5. The van der Waals surface area contributed by atoms with E-state index in [1.807, 2.05) is 56.3 Å². The molecule has 198 valence electrons. The van der Waals surface area contributed by atoms with Crippen LogP contribution in [0.25, 0.3) is 22.3 Å². The van der Waals surface area contributed by atoms with Gasteiger partial charge in [-0.1, -0.05) is 31.9 Å². The molecule has 3 aromatic rings. The van der Waals surface area contributed by atoms with Crippen LogP contribution in [0.15, 0.2) is 36.5 Å². The second-order valence-electron chi connectivity index (χ2n) is 8.76. The molecule has 2 N–H and O–H groups in total. The van der Waals surface area contributed by atoms with Crippen molar-refractivity contribution in [2.75, 3.05) is 27.7 Å². The summed E-state index contributed by atoms with van der Waals surface area (Å²) in [5.74, 6) is 1.68. The highest BCUT2D eigenvalue weighted by Gasteiger charge is 2.19. The summed E-state index contributed by atoms with van der Waals surface area (Å²) in [6, 6.07) is 9.48. The highest BCUT2D eigenvalue weighted by atomic mass is 35.5. The molecule has 1 amide bonds. The van der Waals surface area contributed by atoms with Crippen LogP contribution in [0.2, 0.25) is 0 Å². The maximum Gasteiger partial charge on any atom is 0.234 e. The van der Waals surface area contributed by atoms with Crippen molar-refractivity contribution >= 4 is 47.4 Å². The monoisotopic (exact) mass is 537 g/mol. The van der Waals surface area contributed by atoms with E-state index in [0.29, 0.717) is 31.0 Å². The van der Waals surface area contributed by atoms with Crippen LogP contribution in [0.3, 0.4) is 0 Å². The smallest absolute Gasteiger partial charge is 0.234 e. The van der Waals surface area contributed by atoms with E-state index >= 15 is 0 Å². The Kier molecular flexibility index (Phi) is 13.4. The van der Waals surface area contributed by atoms with E-state index in [1.165, 1.54) is 0 Å². The molecule has 1 aromatic carbocycles. The Morgan fingerprint density at radius 3 is 2.58 bits per heavy atom. The summed E-state index contributed by atoms with van der Waals surface area (Å²) in [6.45, 7) is 2.20. The molecule has 10 heteroatoms. The molecule has 0 aliphatic rings. The van der Waals surface area contributed by atoms with Crippen molar-refractivity contribution in [2.24, 2.45) is 0 Å².